The molecule has 2 fully saturated rings. The Hall–Kier alpha value is -2.22. The van der Waals surface area contributed by atoms with E-state index in [0.29, 0.717) is 19.7 Å². The second kappa shape index (κ2) is 8.65. The van der Waals surface area contributed by atoms with Gasteiger partial charge in [-0.15, -0.1) is 11.3 Å². The van der Waals surface area contributed by atoms with Crippen LogP contribution in [0.25, 0.3) is 0 Å². The summed E-state index contributed by atoms with van der Waals surface area (Å²) in [6.07, 6.45) is -0.389. The van der Waals surface area contributed by atoms with Crippen LogP contribution in [-0.2, 0) is 27.5 Å². The molecular weight excluding hydrogens is 386 g/mol. The molecule has 1 aromatic heterocycles. The number of carbonyl (C=O) groups excluding carboxylic acids is 2. The van der Waals surface area contributed by atoms with Gasteiger partial charge >= 0.3 is 0 Å². The van der Waals surface area contributed by atoms with Crippen molar-refractivity contribution in [2.45, 2.75) is 45.2 Å². The third-order valence-corrected chi connectivity index (χ3v) is 6.60. The summed E-state index contributed by atoms with van der Waals surface area (Å²) >= 11 is 1.78. The molecular formula is C22H27N3O3S. The number of nitrogens with zero attached hydrogens (tertiary/aromatic N) is 2. The fraction of sp³-hybridized carbons (Fsp3) is 0.455. The molecule has 2 aromatic rings. The third kappa shape index (κ3) is 4.52. The van der Waals surface area contributed by atoms with Crippen molar-refractivity contribution in [3.63, 3.8) is 0 Å². The van der Waals surface area contributed by atoms with Crippen molar-refractivity contribution in [2.75, 3.05) is 19.6 Å². The number of fused-ring (bicyclic) bond motifs is 1. The van der Waals surface area contributed by atoms with Crippen LogP contribution < -0.4 is 5.32 Å². The topological polar surface area (TPSA) is 61.9 Å². The monoisotopic (exact) mass is 413 g/mol. The number of hydrogen-bond donors (Lipinski definition) is 1. The van der Waals surface area contributed by atoms with Crippen LogP contribution in [-0.4, -0.2) is 59.4 Å². The molecule has 4 rings (SSSR count). The zero-order valence-electron chi connectivity index (χ0n) is 16.8. The van der Waals surface area contributed by atoms with Gasteiger partial charge in [0.1, 0.15) is 12.1 Å². The molecule has 0 spiro atoms. The molecule has 0 aliphatic carbocycles. The Morgan fingerprint density at radius 1 is 1.17 bits per heavy atom. The molecule has 0 saturated carbocycles. The predicted molar refractivity (Wildman–Crippen MR) is 112 cm³/mol. The summed E-state index contributed by atoms with van der Waals surface area (Å²) in [7, 11) is 0. The van der Waals surface area contributed by atoms with Gasteiger partial charge in [-0.1, -0.05) is 30.3 Å². The standard InChI is InChI=1S/C22H27N3O3S/c1-15-8-9-18(29-15)12-24-10-11-25-19(13-24)21(26)23-20(22(25)27)16(2)28-14-17-6-4-3-5-7-17/h3-9,16,19-20H,10-14H2,1-2H3,(H,23,26)/t16-,19-,20+/m1/s1. The molecule has 154 valence electrons. The zero-order chi connectivity index (χ0) is 20.4. The van der Waals surface area contributed by atoms with Gasteiger partial charge in [-0.05, 0) is 31.5 Å². The van der Waals surface area contributed by atoms with Crippen molar-refractivity contribution < 1.29 is 14.3 Å². The number of nitrogens with one attached hydrogen (secondary N) is 1. The van der Waals surface area contributed by atoms with E-state index in [1.807, 2.05) is 37.3 Å². The Morgan fingerprint density at radius 3 is 2.69 bits per heavy atom. The van der Waals surface area contributed by atoms with Crippen molar-refractivity contribution >= 4 is 23.2 Å². The maximum absolute atomic E-state index is 13.0. The van der Waals surface area contributed by atoms with Crippen LogP contribution in [0.3, 0.4) is 0 Å². The summed E-state index contributed by atoms with van der Waals surface area (Å²) in [5.74, 6) is -0.126. The van der Waals surface area contributed by atoms with Crippen molar-refractivity contribution in [3.05, 3.63) is 57.8 Å². The van der Waals surface area contributed by atoms with Gasteiger partial charge < -0.3 is 15.0 Å². The molecule has 0 bridgehead atoms. The Labute approximate surface area is 175 Å². The summed E-state index contributed by atoms with van der Waals surface area (Å²) < 4.78 is 5.90. The lowest BCUT2D eigenvalue weighted by atomic mass is 10.0. The molecule has 0 unspecified atom stereocenters. The highest BCUT2D eigenvalue weighted by Gasteiger charge is 2.45. The van der Waals surface area contributed by atoms with Crippen molar-refractivity contribution in [3.8, 4) is 0 Å². The van der Waals surface area contributed by atoms with Gasteiger partial charge in [0.15, 0.2) is 0 Å². The van der Waals surface area contributed by atoms with E-state index in [2.05, 4.69) is 29.3 Å². The Morgan fingerprint density at radius 2 is 1.97 bits per heavy atom. The van der Waals surface area contributed by atoms with Gasteiger partial charge in [-0.2, -0.15) is 0 Å². The fourth-order valence-electron chi connectivity index (χ4n) is 3.97. The van der Waals surface area contributed by atoms with E-state index in [9.17, 15) is 9.59 Å². The van der Waals surface area contributed by atoms with Crippen LogP contribution in [0, 0.1) is 6.92 Å². The normalized spacial score (nSPS) is 23.6. The van der Waals surface area contributed by atoms with E-state index in [1.54, 1.807) is 16.2 Å². The molecule has 2 amide bonds. The number of aryl methyl sites for hydroxylation is 1. The summed E-state index contributed by atoms with van der Waals surface area (Å²) in [6, 6.07) is 13.0. The van der Waals surface area contributed by atoms with E-state index in [1.165, 1.54) is 9.75 Å². The van der Waals surface area contributed by atoms with E-state index in [4.69, 9.17) is 4.74 Å². The van der Waals surface area contributed by atoms with E-state index in [-0.39, 0.29) is 17.9 Å². The number of hydrogen-bond acceptors (Lipinski definition) is 5. The fourth-order valence-corrected chi connectivity index (χ4v) is 4.90. The molecule has 7 heteroatoms. The van der Waals surface area contributed by atoms with Crippen LogP contribution in [0.2, 0.25) is 0 Å². The van der Waals surface area contributed by atoms with Gasteiger partial charge in [0.05, 0.1) is 12.7 Å². The highest BCUT2D eigenvalue weighted by Crippen LogP contribution is 2.22. The highest BCUT2D eigenvalue weighted by atomic mass is 32.1. The van der Waals surface area contributed by atoms with Crippen LogP contribution in [0.4, 0.5) is 0 Å². The van der Waals surface area contributed by atoms with E-state index < -0.39 is 12.1 Å². The first-order valence-electron chi connectivity index (χ1n) is 10.1. The Balaban J connectivity index is 1.36. The summed E-state index contributed by atoms with van der Waals surface area (Å²) in [4.78, 5) is 32.4. The summed E-state index contributed by atoms with van der Waals surface area (Å²) in [6.45, 7) is 7.10. The maximum Gasteiger partial charge on any atom is 0.248 e. The van der Waals surface area contributed by atoms with E-state index in [0.717, 1.165) is 18.7 Å². The van der Waals surface area contributed by atoms with Crippen molar-refractivity contribution in [1.82, 2.24) is 15.1 Å². The molecule has 1 N–H and O–H groups in total. The molecule has 3 atom stereocenters. The van der Waals surface area contributed by atoms with Gasteiger partial charge in [-0.25, -0.2) is 0 Å². The van der Waals surface area contributed by atoms with Crippen LogP contribution in [0.5, 0.6) is 0 Å². The van der Waals surface area contributed by atoms with Crippen LogP contribution in [0.1, 0.15) is 22.2 Å². The SMILES string of the molecule is Cc1ccc(CN2CCN3C(=O)[C@H]([C@@H](C)OCc4ccccc4)NC(=O)[C@H]3C2)s1. The van der Waals surface area contributed by atoms with Gasteiger partial charge in [-0.3, -0.25) is 14.5 Å². The largest absolute Gasteiger partial charge is 0.371 e. The average Bonchev–Trinajstić information content (AvgIpc) is 3.14. The first-order chi connectivity index (χ1) is 14.0. The molecule has 2 aliphatic heterocycles. The molecule has 2 aliphatic rings. The Bertz CT molecular complexity index is 869. The lowest BCUT2D eigenvalue weighted by molar-refractivity contribution is -0.157. The van der Waals surface area contributed by atoms with Crippen LogP contribution >= 0.6 is 11.3 Å². The van der Waals surface area contributed by atoms with Crippen molar-refractivity contribution in [2.24, 2.45) is 0 Å². The van der Waals surface area contributed by atoms with Crippen molar-refractivity contribution in [1.29, 1.82) is 0 Å². The minimum Gasteiger partial charge on any atom is -0.371 e. The average molecular weight is 414 g/mol. The van der Waals surface area contributed by atoms with Crippen LogP contribution in [0.15, 0.2) is 42.5 Å². The summed E-state index contributed by atoms with van der Waals surface area (Å²) in [5.41, 5.74) is 1.05. The Kier molecular flexibility index (Phi) is 5.99. The molecule has 3 heterocycles. The third-order valence-electron chi connectivity index (χ3n) is 5.61. The second-order valence-electron chi connectivity index (χ2n) is 7.78. The molecule has 29 heavy (non-hydrogen) atoms. The summed E-state index contributed by atoms with van der Waals surface area (Å²) in [5, 5.41) is 2.91. The smallest absolute Gasteiger partial charge is 0.248 e. The first-order valence-corrected chi connectivity index (χ1v) is 10.9. The molecule has 6 nitrogen and oxygen atoms in total. The first kappa shape index (κ1) is 20.1. The number of benzene rings is 1. The van der Waals surface area contributed by atoms with Gasteiger partial charge in [0.2, 0.25) is 11.8 Å². The van der Waals surface area contributed by atoms with Gasteiger partial charge in [0, 0.05) is 35.9 Å². The quantitative estimate of drug-likeness (QED) is 0.789. The zero-order valence-corrected chi connectivity index (χ0v) is 17.7. The lowest BCUT2D eigenvalue weighted by Gasteiger charge is -2.46. The maximum atomic E-state index is 13.0. The number of rotatable bonds is 6. The highest BCUT2D eigenvalue weighted by molar-refractivity contribution is 7.11. The van der Waals surface area contributed by atoms with E-state index >= 15 is 0 Å². The number of piperazine rings is 2. The lowest BCUT2D eigenvalue weighted by Crippen LogP contribution is -2.71. The van der Waals surface area contributed by atoms with Gasteiger partial charge in [0.25, 0.3) is 0 Å². The minimum absolute atomic E-state index is 0.0400. The minimum atomic E-state index is -0.631. The molecule has 0 radical (unpaired) electrons. The predicted octanol–water partition coefficient (Wildman–Crippen LogP) is 2.17. The number of amides is 2. The molecule has 1 aromatic carbocycles. The molecule has 2 saturated heterocycles. The number of carbonyl (C=O) groups is 2. The second-order valence-corrected chi connectivity index (χ2v) is 9.16. The number of ether oxygens (including phenoxy) is 1. The number of thiophene rings is 1.